The average Bonchev–Trinajstić information content (AvgIpc) is 2.49. The first-order valence-corrected chi connectivity index (χ1v) is 5.34. The number of nitrogens with zero attached hydrogens (tertiary/aromatic N) is 1. The Hall–Kier alpha value is -1.60. The van der Waals surface area contributed by atoms with Crippen molar-refractivity contribution in [1.29, 1.82) is 0 Å². The standard InChI is InChI=1S/C13H15NO2/c1-8-5-9(2)11(14-7-15)12-10(8)6-13(3,4)16-12/h5H,6H2,1-4H3. The lowest BCUT2D eigenvalue weighted by molar-refractivity contribution is 0.139. The van der Waals surface area contributed by atoms with Crippen molar-refractivity contribution in [2.24, 2.45) is 4.99 Å². The Balaban J connectivity index is 2.68. The molecule has 0 aromatic heterocycles. The molecule has 1 aliphatic heterocycles. The van der Waals surface area contributed by atoms with Crippen LogP contribution in [0, 0.1) is 13.8 Å². The van der Waals surface area contributed by atoms with Crippen LogP contribution in [0.5, 0.6) is 5.75 Å². The van der Waals surface area contributed by atoms with Crippen LogP contribution in [-0.4, -0.2) is 11.7 Å². The second-order valence-electron chi connectivity index (χ2n) is 4.91. The Morgan fingerprint density at radius 2 is 2.06 bits per heavy atom. The van der Waals surface area contributed by atoms with Crippen LogP contribution in [0.15, 0.2) is 11.1 Å². The molecule has 16 heavy (non-hydrogen) atoms. The highest BCUT2D eigenvalue weighted by Crippen LogP contribution is 2.45. The first-order valence-electron chi connectivity index (χ1n) is 5.34. The van der Waals surface area contributed by atoms with Gasteiger partial charge >= 0.3 is 0 Å². The van der Waals surface area contributed by atoms with E-state index in [0.29, 0.717) is 5.69 Å². The third-order valence-corrected chi connectivity index (χ3v) is 2.91. The number of carbonyl (C=O) groups excluding carboxylic acids is 1. The lowest BCUT2D eigenvalue weighted by atomic mass is 9.96. The van der Waals surface area contributed by atoms with E-state index in [1.807, 2.05) is 26.8 Å². The van der Waals surface area contributed by atoms with Crippen LogP contribution in [-0.2, 0) is 11.2 Å². The molecule has 1 aromatic rings. The largest absolute Gasteiger partial charge is 0.485 e. The summed E-state index contributed by atoms with van der Waals surface area (Å²) in [6.45, 7) is 8.06. The fourth-order valence-corrected chi connectivity index (χ4v) is 2.23. The average molecular weight is 217 g/mol. The zero-order chi connectivity index (χ0) is 11.9. The molecule has 0 aliphatic carbocycles. The number of rotatable bonds is 1. The number of benzene rings is 1. The van der Waals surface area contributed by atoms with Gasteiger partial charge in [-0.05, 0) is 38.8 Å². The van der Waals surface area contributed by atoms with E-state index in [-0.39, 0.29) is 5.60 Å². The number of aliphatic imine (C=N–C) groups is 1. The van der Waals surface area contributed by atoms with Gasteiger partial charge in [-0.1, -0.05) is 6.07 Å². The molecule has 3 heteroatoms. The van der Waals surface area contributed by atoms with E-state index in [0.717, 1.165) is 23.3 Å². The van der Waals surface area contributed by atoms with Gasteiger partial charge in [0, 0.05) is 12.0 Å². The first-order chi connectivity index (χ1) is 7.44. The van der Waals surface area contributed by atoms with E-state index < -0.39 is 0 Å². The van der Waals surface area contributed by atoms with E-state index in [2.05, 4.69) is 11.9 Å². The van der Waals surface area contributed by atoms with Crippen molar-refractivity contribution in [1.82, 2.24) is 0 Å². The van der Waals surface area contributed by atoms with Crippen LogP contribution in [0.3, 0.4) is 0 Å². The summed E-state index contributed by atoms with van der Waals surface area (Å²) in [6, 6.07) is 2.04. The van der Waals surface area contributed by atoms with Crippen molar-refractivity contribution in [2.75, 3.05) is 0 Å². The summed E-state index contributed by atoms with van der Waals surface area (Å²) in [5.74, 6) is 0.755. The third-order valence-electron chi connectivity index (χ3n) is 2.91. The molecule has 0 saturated heterocycles. The second kappa shape index (κ2) is 3.46. The highest BCUT2D eigenvalue weighted by Gasteiger charge is 2.33. The summed E-state index contributed by atoms with van der Waals surface area (Å²) in [5.41, 5.74) is 3.72. The van der Waals surface area contributed by atoms with Crippen molar-refractivity contribution >= 4 is 11.8 Å². The fourth-order valence-electron chi connectivity index (χ4n) is 2.23. The van der Waals surface area contributed by atoms with Gasteiger partial charge in [-0.3, -0.25) is 0 Å². The summed E-state index contributed by atoms with van der Waals surface area (Å²) >= 11 is 0. The first kappa shape index (κ1) is 10.9. The van der Waals surface area contributed by atoms with E-state index >= 15 is 0 Å². The molecular weight excluding hydrogens is 202 g/mol. The Kier molecular flexibility index (Phi) is 2.36. The zero-order valence-corrected chi connectivity index (χ0v) is 10.0. The molecule has 3 nitrogen and oxygen atoms in total. The molecule has 0 fully saturated rings. The maximum Gasteiger partial charge on any atom is 0.240 e. The molecule has 1 heterocycles. The van der Waals surface area contributed by atoms with Crippen LogP contribution in [0.25, 0.3) is 0 Å². The van der Waals surface area contributed by atoms with Crippen LogP contribution in [0.1, 0.15) is 30.5 Å². The van der Waals surface area contributed by atoms with Crippen molar-refractivity contribution in [2.45, 2.75) is 39.7 Å². The van der Waals surface area contributed by atoms with Gasteiger partial charge < -0.3 is 4.74 Å². The smallest absolute Gasteiger partial charge is 0.240 e. The third kappa shape index (κ3) is 1.63. The summed E-state index contributed by atoms with van der Waals surface area (Å²) in [4.78, 5) is 14.2. The van der Waals surface area contributed by atoms with Crippen LogP contribution in [0.4, 0.5) is 5.69 Å². The lowest BCUT2D eigenvalue weighted by Gasteiger charge is -2.17. The quantitative estimate of drug-likeness (QED) is 0.535. The van der Waals surface area contributed by atoms with Crippen molar-refractivity contribution in [3.05, 3.63) is 22.8 Å². The van der Waals surface area contributed by atoms with Gasteiger partial charge in [-0.2, -0.15) is 4.99 Å². The minimum atomic E-state index is -0.214. The maximum absolute atomic E-state index is 10.4. The SMILES string of the molecule is Cc1cc(C)c(N=C=O)c2c1CC(C)(C)O2. The van der Waals surface area contributed by atoms with Crippen LogP contribution < -0.4 is 4.74 Å². The molecule has 0 radical (unpaired) electrons. The second-order valence-corrected chi connectivity index (χ2v) is 4.91. The number of hydrogen-bond acceptors (Lipinski definition) is 3. The van der Waals surface area contributed by atoms with Gasteiger partial charge in [0.2, 0.25) is 6.08 Å². The summed E-state index contributed by atoms with van der Waals surface area (Å²) in [7, 11) is 0. The molecule has 1 aliphatic rings. The predicted octanol–water partition coefficient (Wildman–Crippen LogP) is 2.98. The lowest BCUT2D eigenvalue weighted by Crippen LogP contribution is -2.24. The molecule has 0 N–H and O–H groups in total. The fraction of sp³-hybridized carbons (Fsp3) is 0.462. The van der Waals surface area contributed by atoms with E-state index in [4.69, 9.17) is 4.74 Å². The van der Waals surface area contributed by atoms with E-state index in [9.17, 15) is 4.79 Å². The van der Waals surface area contributed by atoms with Crippen LogP contribution in [0.2, 0.25) is 0 Å². The monoisotopic (exact) mass is 217 g/mol. The summed E-state index contributed by atoms with van der Waals surface area (Å²) < 4.78 is 5.87. The highest BCUT2D eigenvalue weighted by molar-refractivity contribution is 5.68. The summed E-state index contributed by atoms with van der Waals surface area (Å²) in [5, 5.41) is 0. The maximum atomic E-state index is 10.4. The minimum Gasteiger partial charge on any atom is -0.485 e. The van der Waals surface area contributed by atoms with Gasteiger partial charge in [-0.25, -0.2) is 4.79 Å². The van der Waals surface area contributed by atoms with E-state index in [1.54, 1.807) is 6.08 Å². The van der Waals surface area contributed by atoms with Crippen molar-refractivity contribution in [3.8, 4) is 5.75 Å². The van der Waals surface area contributed by atoms with Gasteiger partial charge in [0.05, 0.1) is 0 Å². The number of ether oxygens (including phenoxy) is 1. The Morgan fingerprint density at radius 1 is 1.38 bits per heavy atom. The molecule has 84 valence electrons. The van der Waals surface area contributed by atoms with Gasteiger partial charge in [0.25, 0.3) is 0 Å². The summed E-state index contributed by atoms with van der Waals surface area (Å²) in [6.07, 6.45) is 2.45. The molecule has 0 unspecified atom stereocenters. The van der Waals surface area contributed by atoms with Crippen molar-refractivity contribution in [3.63, 3.8) is 0 Å². The number of hydrogen-bond donors (Lipinski definition) is 0. The number of fused-ring (bicyclic) bond motifs is 1. The van der Waals surface area contributed by atoms with Crippen molar-refractivity contribution < 1.29 is 9.53 Å². The van der Waals surface area contributed by atoms with E-state index in [1.165, 1.54) is 5.56 Å². The molecule has 0 saturated carbocycles. The van der Waals surface area contributed by atoms with Gasteiger partial charge in [-0.15, -0.1) is 0 Å². The highest BCUT2D eigenvalue weighted by atomic mass is 16.5. The van der Waals surface area contributed by atoms with Crippen LogP contribution >= 0.6 is 0 Å². The molecule has 0 spiro atoms. The molecular formula is C13H15NO2. The molecule has 2 rings (SSSR count). The Morgan fingerprint density at radius 3 is 2.69 bits per heavy atom. The Labute approximate surface area is 95.2 Å². The molecule has 0 atom stereocenters. The Bertz CT molecular complexity index is 497. The normalized spacial score (nSPS) is 16.2. The van der Waals surface area contributed by atoms with Gasteiger partial charge in [0.15, 0.2) is 5.75 Å². The molecule has 0 bridgehead atoms. The topological polar surface area (TPSA) is 38.7 Å². The predicted molar refractivity (Wildman–Crippen MR) is 62.1 cm³/mol. The molecule has 0 amide bonds. The number of isocyanates is 1. The number of aryl methyl sites for hydroxylation is 2. The minimum absolute atomic E-state index is 0.214. The van der Waals surface area contributed by atoms with Gasteiger partial charge in [0.1, 0.15) is 11.3 Å². The zero-order valence-electron chi connectivity index (χ0n) is 10.0. The molecule has 1 aromatic carbocycles.